The van der Waals surface area contributed by atoms with Crippen molar-refractivity contribution in [1.29, 1.82) is 0 Å². The molecule has 0 saturated carbocycles. The fraction of sp³-hybridized carbons (Fsp3) is 0.600. The van der Waals surface area contributed by atoms with Crippen molar-refractivity contribution in [2.75, 3.05) is 27.1 Å². The second-order valence-electron chi connectivity index (χ2n) is 5.61. The van der Waals surface area contributed by atoms with Gasteiger partial charge in [-0.1, -0.05) is 0 Å². The summed E-state index contributed by atoms with van der Waals surface area (Å²) in [6.07, 6.45) is 0.0795. The smallest absolute Gasteiger partial charge is 0.231 e. The first kappa shape index (κ1) is 14.4. The van der Waals surface area contributed by atoms with Crippen molar-refractivity contribution in [2.24, 2.45) is 0 Å². The number of benzene rings is 1. The monoisotopic (exact) mass is 295 g/mol. The van der Waals surface area contributed by atoms with Gasteiger partial charge in [-0.3, -0.25) is 0 Å². The summed E-state index contributed by atoms with van der Waals surface area (Å²) in [4.78, 5) is 0. The van der Waals surface area contributed by atoms with E-state index in [0.29, 0.717) is 24.7 Å². The molecule has 0 amide bonds. The van der Waals surface area contributed by atoms with Crippen molar-refractivity contribution >= 4 is 0 Å². The minimum atomic E-state index is -0.478. The Balaban J connectivity index is 1.56. The van der Waals surface area contributed by atoms with E-state index >= 15 is 0 Å². The summed E-state index contributed by atoms with van der Waals surface area (Å²) in [6, 6.07) is 3.92. The van der Waals surface area contributed by atoms with E-state index in [1.807, 2.05) is 26.0 Å². The first-order valence-electron chi connectivity index (χ1n) is 7.06. The van der Waals surface area contributed by atoms with Crippen LogP contribution in [-0.2, 0) is 16.0 Å². The zero-order valence-electron chi connectivity index (χ0n) is 12.6. The summed E-state index contributed by atoms with van der Waals surface area (Å²) in [5.41, 5.74) is 1.08. The van der Waals surface area contributed by atoms with E-state index in [2.05, 4.69) is 5.32 Å². The highest BCUT2D eigenvalue weighted by Crippen LogP contribution is 2.41. The topological polar surface area (TPSA) is 58.2 Å². The molecule has 6 heteroatoms. The van der Waals surface area contributed by atoms with Crippen LogP contribution >= 0.6 is 0 Å². The third-order valence-corrected chi connectivity index (χ3v) is 3.49. The molecule has 3 rings (SSSR count). The Morgan fingerprint density at radius 1 is 1.33 bits per heavy atom. The first-order valence-corrected chi connectivity index (χ1v) is 7.06. The third-order valence-electron chi connectivity index (χ3n) is 3.49. The molecule has 2 heterocycles. The van der Waals surface area contributed by atoms with Crippen molar-refractivity contribution in [1.82, 2.24) is 5.32 Å². The number of nitrogens with one attached hydrogen (secondary N) is 1. The highest BCUT2D eigenvalue weighted by atomic mass is 16.7. The molecule has 116 valence electrons. The summed E-state index contributed by atoms with van der Waals surface area (Å²) in [5, 5.41) is 3.37. The first-order chi connectivity index (χ1) is 10.1. The van der Waals surface area contributed by atoms with Crippen LogP contribution in [0.25, 0.3) is 0 Å². The molecular formula is C15H21NO5. The van der Waals surface area contributed by atoms with Crippen LogP contribution < -0.4 is 19.5 Å². The van der Waals surface area contributed by atoms with Crippen molar-refractivity contribution in [3.63, 3.8) is 0 Å². The number of methoxy groups -OCH3 is 1. The lowest BCUT2D eigenvalue weighted by molar-refractivity contribution is -0.137. The second-order valence-corrected chi connectivity index (χ2v) is 5.61. The zero-order valence-corrected chi connectivity index (χ0v) is 12.6. The molecule has 0 spiro atoms. The maximum atomic E-state index is 5.75. The number of ether oxygens (including phenoxy) is 5. The quantitative estimate of drug-likeness (QED) is 0.891. The van der Waals surface area contributed by atoms with Crippen molar-refractivity contribution < 1.29 is 23.7 Å². The van der Waals surface area contributed by atoms with E-state index in [-0.39, 0.29) is 12.9 Å². The summed E-state index contributed by atoms with van der Waals surface area (Å²) in [6.45, 7) is 6.15. The molecule has 0 radical (unpaired) electrons. The van der Waals surface area contributed by atoms with Crippen LogP contribution in [0.5, 0.6) is 17.2 Å². The molecule has 0 aliphatic carbocycles. The molecule has 2 aliphatic heterocycles. The van der Waals surface area contributed by atoms with Gasteiger partial charge in [-0.15, -0.1) is 0 Å². The predicted octanol–water partition coefficient (Wildman–Crippen LogP) is 1.66. The number of hydrogen-bond acceptors (Lipinski definition) is 6. The van der Waals surface area contributed by atoms with Gasteiger partial charge in [0.1, 0.15) is 0 Å². The Morgan fingerprint density at radius 3 is 2.90 bits per heavy atom. The standard InChI is InChI=1S/C15H21NO5/c1-15(2)20-8-11(21-15)7-16-6-10-4-12(17-3)14-13(5-10)18-9-19-14/h4-5,11,16H,6-9H2,1-3H3. The fourth-order valence-corrected chi connectivity index (χ4v) is 2.53. The maximum Gasteiger partial charge on any atom is 0.231 e. The largest absolute Gasteiger partial charge is 0.493 e. The Morgan fingerprint density at radius 2 is 2.19 bits per heavy atom. The van der Waals surface area contributed by atoms with E-state index in [1.165, 1.54) is 0 Å². The lowest BCUT2D eigenvalue weighted by Gasteiger charge is -2.17. The summed E-state index contributed by atoms with van der Waals surface area (Å²) in [7, 11) is 1.63. The SMILES string of the molecule is COc1cc(CNCC2COC(C)(C)O2)cc2c1OCO2. The lowest BCUT2D eigenvalue weighted by Crippen LogP contribution is -2.30. The lowest BCUT2D eigenvalue weighted by atomic mass is 10.2. The highest BCUT2D eigenvalue weighted by molar-refractivity contribution is 5.55. The average Bonchev–Trinajstić information content (AvgIpc) is 3.04. The van der Waals surface area contributed by atoms with Gasteiger partial charge in [-0.05, 0) is 31.5 Å². The third kappa shape index (κ3) is 3.23. The molecule has 21 heavy (non-hydrogen) atoms. The minimum absolute atomic E-state index is 0.0795. The van der Waals surface area contributed by atoms with Gasteiger partial charge in [0.15, 0.2) is 17.3 Å². The molecule has 1 saturated heterocycles. The number of hydrogen-bond donors (Lipinski definition) is 1. The van der Waals surface area contributed by atoms with Crippen LogP contribution in [0.1, 0.15) is 19.4 Å². The average molecular weight is 295 g/mol. The molecule has 0 aromatic heterocycles. The molecule has 1 aromatic carbocycles. The molecule has 0 bridgehead atoms. The number of fused-ring (bicyclic) bond motifs is 1. The molecule has 1 aromatic rings. The molecule has 1 fully saturated rings. The van der Waals surface area contributed by atoms with Crippen LogP contribution in [0.2, 0.25) is 0 Å². The minimum Gasteiger partial charge on any atom is -0.493 e. The van der Waals surface area contributed by atoms with Crippen molar-refractivity contribution in [3.05, 3.63) is 17.7 Å². The zero-order chi connectivity index (χ0) is 14.9. The van der Waals surface area contributed by atoms with E-state index in [0.717, 1.165) is 17.9 Å². The van der Waals surface area contributed by atoms with Gasteiger partial charge in [0.2, 0.25) is 12.5 Å². The molecule has 1 atom stereocenters. The van der Waals surface area contributed by atoms with Gasteiger partial charge >= 0.3 is 0 Å². The maximum absolute atomic E-state index is 5.75. The van der Waals surface area contributed by atoms with Crippen LogP contribution in [0.15, 0.2) is 12.1 Å². The van der Waals surface area contributed by atoms with Crippen LogP contribution in [-0.4, -0.2) is 38.9 Å². The summed E-state index contributed by atoms with van der Waals surface area (Å²) in [5.74, 6) is 1.63. The fourth-order valence-electron chi connectivity index (χ4n) is 2.53. The molecule has 2 aliphatic rings. The molecule has 1 N–H and O–H groups in total. The van der Waals surface area contributed by atoms with Gasteiger partial charge in [-0.2, -0.15) is 0 Å². The van der Waals surface area contributed by atoms with E-state index in [9.17, 15) is 0 Å². The molecular weight excluding hydrogens is 274 g/mol. The van der Waals surface area contributed by atoms with Gasteiger partial charge in [-0.25, -0.2) is 0 Å². The van der Waals surface area contributed by atoms with Gasteiger partial charge in [0.25, 0.3) is 0 Å². The number of rotatable bonds is 5. The van der Waals surface area contributed by atoms with Gasteiger partial charge in [0.05, 0.1) is 19.8 Å². The summed E-state index contributed by atoms with van der Waals surface area (Å²) < 4.78 is 27.4. The van der Waals surface area contributed by atoms with Gasteiger partial charge in [0, 0.05) is 13.1 Å². The molecule has 6 nitrogen and oxygen atoms in total. The van der Waals surface area contributed by atoms with Crippen LogP contribution in [0.4, 0.5) is 0 Å². The Bertz CT molecular complexity index is 517. The van der Waals surface area contributed by atoms with Crippen molar-refractivity contribution in [2.45, 2.75) is 32.3 Å². The second kappa shape index (κ2) is 5.71. The van der Waals surface area contributed by atoms with Crippen LogP contribution in [0.3, 0.4) is 0 Å². The van der Waals surface area contributed by atoms with Crippen molar-refractivity contribution in [3.8, 4) is 17.2 Å². The normalized spacial score (nSPS) is 22.5. The Kier molecular flexibility index (Phi) is 3.93. The summed E-state index contributed by atoms with van der Waals surface area (Å²) >= 11 is 0. The van der Waals surface area contributed by atoms with Gasteiger partial charge < -0.3 is 29.0 Å². The van der Waals surface area contributed by atoms with E-state index in [1.54, 1.807) is 7.11 Å². The Labute approximate surface area is 124 Å². The van der Waals surface area contributed by atoms with E-state index in [4.69, 9.17) is 23.7 Å². The van der Waals surface area contributed by atoms with E-state index < -0.39 is 5.79 Å². The molecule has 1 unspecified atom stereocenters. The highest BCUT2D eigenvalue weighted by Gasteiger charge is 2.32. The van der Waals surface area contributed by atoms with Crippen LogP contribution in [0, 0.1) is 0 Å². The predicted molar refractivity (Wildman–Crippen MR) is 75.7 cm³/mol. The Hall–Kier alpha value is -1.50.